The Balaban J connectivity index is 2.10. The Morgan fingerprint density at radius 1 is 1.43 bits per heavy atom. The van der Waals surface area contributed by atoms with E-state index in [0.29, 0.717) is 6.61 Å². The third-order valence-corrected chi connectivity index (χ3v) is 1.78. The minimum Gasteiger partial charge on any atom is -0.434 e. The predicted molar refractivity (Wildman–Crippen MR) is 50.7 cm³/mol. The van der Waals surface area contributed by atoms with E-state index in [9.17, 15) is 4.79 Å². The number of methoxy groups -OCH3 is 1. The van der Waals surface area contributed by atoms with Gasteiger partial charge in [-0.1, -0.05) is 24.3 Å². The van der Waals surface area contributed by atoms with Gasteiger partial charge < -0.3 is 14.2 Å². The number of rotatable bonds is 4. The third-order valence-electron chi connectivity index (χ3n) is 1.78. The lowest BCUT2D eigenvalue weighted by atomic mass is 10.0. The Morgan fingerprint density at radius 3 is 2.93 bits per heavy atom. The quantitative estimate of drug-likeness (QED) is 0.511. The highest BCUT2D eigenvalue weighted by atomic mass is 16.8. The number of carbonyl (C=O) groups is 1. The molecule has 0 aromatic heterocycles. The highest BCUT2D eigenvalue weighted by Crippen LogP contribution is 2.11. The second kappa shape index (κ2) is 6.21. The number of hydrogen-bond acceptors (Lipinski definition) is 4. The van der Waals surface area contributed by atoms with Crippen LogP contribution in [-0.2, 0) is 14.2 Å². The summed E-state index contributed by atoms with van der Waals surface area (Å²) in [6.07, 6.45) is 8.17. The first-order valence-corrected chi connectivity index (χ1v) is 4.44. The lowest BCUT2D eigenvalue weighted by Crippen LogP contribution is -2.15. The summed E-state index contributed by atoms with van der Waals surface area (Å²) in [6, 6.07) is 0. The highest BCUT2D eigenvalue weighted by Gasteiger charge is 2.09. The number of ether oxygens (including phenoxy) is 3. The molecule has 0 saturated carbocycles. The summed E-state index contributed by atoms with van der Waals surface area (Å²) >= 11 is 0. The minimum absolute atomic E-state index is 0.0702. The zero-order valence-corrected chi connectivity index (χ0v) is 8.14. The molecule has 0 saturated heterocycles. The number of allylic oxidation sites excluding steroid dienone is 3. The van der Waals surface area contributed by atoms with Crippen LogP contribution in [-0.4, -0.2) is 26.7 Å². The molecule has 1 aliphatic carbocycles. The monoisotopic (exact) mass is 198 g/mol. The predicted octanol–water partition coefficient (Wildman–Crippen LogP) is 1.88. The van der Waals surface area contributed by atoms with Crippen molar-refractivity contribution < 1.29 is 19.0 Å². The lowest BCUT2D eigenvalue weighted by molar-refractivity contribution is -0.0285. The van der Waals surface area contributed by atoms with Crippen molar-refractivity contribution in [2.75, 3.05) is 20.5 Å². The first-order valence-electron chi connectivity index (χ1n) is 4.44. The third kappa shape index (κ3) is 4.09. The van der Waals surface area contributed by atoms with Crippen molar-refractivity contribution in [3.05, 3.63) is 24.3 Å². The van der Waals surface area contributed by atoms with Crippen LogP contribution in [0, 0.1) is 5.92 Å². The first-order chi connectivity index (χ1) is 6.83. The Kier molecular flexibility index (Phi) is 4.78. The maximum atomic E-state index is 10.9. The van der Waals surface area contributed by atoms with Gasteiger partial charge in [-0.25, -0.2) is 4.79 Å². The normalized spacial score (nSPS) is 19.4. The molecule has 0 radical (unpaired) electrons. The molecule has 0 aliphatic heterocycles. The van der Waals surface area contributed by atoms with E-state index in [0.717, 1.165) is 6.42 Å². The molecule has 0 spiro atoms. The summed E-state index contributed by atoms with van der Waals surface area (Å²) in [5.74, 6) is 0.259. The highest BCUT2D eigenvalue weighted by molar-refractivity contribution is 5.59. The van der Waals surface area contributed by atoms with Gasteiger partial charge in [-0.2, -0.15) is 0 Å². The van der Waals surface area contributed by atoms with Gasteiger partial charge >= 0.3 is 6.16 Å². The van der Waals surface area contributed by atoms with E-state index >= 15 is 0 Å². The summed E-state index contributed by atoms with van der Waals surface area (Å²) in [7, 11) is 1.45. The molecule has 1 unspecified atom stereocenters. The van der Waals surface area contributed by atoms with Crippen LogP contribution in [0.2, 0.25) is 0 Å². The van der Waals surface area contributed by atoms with Crippen LogP contribution >= 0.6 is 0 Å². The van der Waals surface area contributed by atoms with Crippen molar-refractivity contribution in [2.24, 2.45) is 5.92 Å². The summed E-state index contributed by atoms with van der Waals surface area (Å²) in [5, 5.41) is 0. The Labute approximate surface area is 83.1 Å². The van der Waals surface area contributed by atoms with Gasteiger partial charge in [0.25, 0.3) is 0 Å². The van der Waals surface area contributed by atoms with Gasteiger partial charge in [-0.05, 0) is 6.42 Å². The van der Waals surface area contributed by atoms with Gasteiger partial charge in [0, 0.05) is 13.0 Å². The van der Waals surface area contributed by atoms with Gasteiger partial charge in [-0.15, -0.1) is 0 Å². The van der Waals surface area contributed by atoms with E-state index in [1.807, 2.05) is 24.3 Å². The van der Waals surface area contributed by atoms with Crippen molar-refractivity contribution in [1.29, 1.82) is 0 Å². The molecule has 1 atom stereocenters. The molecule has 0 fully saturated rings. The standard InChI is InChI=1S/C10H14O4/c1-12-8-14-10(11)13-7-9-5-3-2-4-6-9/h2-5,9H,6-8H2,1H3. The molecule has 0 aromatic carbocycles. The fourth-order valence-corrected chi connectivity index (χ4v) is 1.08. The average molecular weight is 198 g/mol. The van der Waals surface area contributed by atoms with E-state index in [1.165, 1.54) is 7.11 Å². The summed E-state index contributed by atoms with van der Waals surface area (Å²) in [5.41, 5.74) is 0. The number of carbonyl (C=O) groups excluding carboxylic acids is 1. The van der Waals surface area contributed by atoms with Crippen molar-refractivity contribution in [3.63, 3.8) is 0 Å². The maximum Gasteiger partial charge on any atom is 0.510 e. The van der Waals surface area contributed by atoms with Crippen molar-refractivity contribution in [1.82, 2.24) is 0 Å². The molecule has 14 heavy (non-hydrogen) atoms. The van der Waals surface area contributed by atoms with Gasteiger partial charge in [0.05, 0.1) is 0 Å². The molecule has 0 bridgehead atoms. The van der Waals surface area contributed by atoms with Crippen molar-refractivity contribution in [2.45, 2.75) is 6.42 Å². The average Bonchev–Trinajstić information content (AvgIpc) is 2.25. The second-order valence-electron chi connectivity index (χ2n) is 2.92. The summed E-state index contributed by atoms with van der Waals surface area (Å²) < 4.78 is 14.0. The van der Waals surface area contributed by atoms with Crippen LogP contribution in [0.4, 0.5) is 4.79 Å². The van der Waals surface area contributed by atoms with E-state index in [1.54, 1.807) is 0 Å². The summed E-state index contributed by atoms with van der Waals surface area (Å²) in [4.78, 5) is 10.9. The smallest absolute Gasteiger partial charge is 0.434 e. The second-order valence-corrected chi connectivity index (χ2v) is 2.92. The first kappa shape index (κ1) is 10.8. The van der Waals surface area contributed by atoms with Gasteiger partial charge in [0.2, 0.25) is 0 Å². The Morgan fingerprint density at radius 2 is 2.29 bits per heavy atom. The molecular weight excluding hydrogens is 184 g/mol. The zero-order valence-electron chi connectivity index (χ0n) is 8.14. The van der Waals surface area contributed by atoms with Crippen LogP contribution in [0.5, 0.6) is 0 Å². The largest absolute Gasteiger partial charge is 0.510 e. The van der Waals surface area contributed by atoms with Gasteiger partial charge in [0.15, 0.2) is 6.79 Å². The minimum atomic E-state index is -0.685. The van der Waals surface area contributed by atoms with Crippen LogP contribution in [0.15, 0.2) is 24.3 Å². The van der Waals surface area contributed by atoms with Gasteiger partial charge in [0.1, 0.15) is 6.61 Å². The van der Waals surface area contributed by atoms with Crippen LogP contribution in [0.25, 0.3) is 0 Å². The van der Waals surface area contributed by atoms with Crippen LogP contribution in [0.3, 0.4) is 0 Å². The maximum absolute atomic E-state index is 10.9. The Bertz CT molecular complexity index is 232. The van der Waals surface area contributed by atoms with E-state index in [4.69, 9.17) is 4.74 Å². The Hall–Kier alpha value is -1.29. The van der Waals surface area contributed by atoms with Gasteiger partial charge in [-0.3, -0.25) is 0 Å². The van der Waals surface area contributed by atoms with E-state index < -0.39 is 6.16 Å². The van der Waals surface area contributed by atoms with E-state index in [2.05, 4.69) is 9.47 Å². The van der Waals surface area contributed by atoms with E-state index in [-0.39, 0.29) is 12.7 Å². The van der Waals surface area contributed by atoms with Crippen LogP contribution < -0.4 is 0 Å². The number of hydrogen-bond donors (Lipinski definition) is 0. The molecule has 0 aromatic rings. The molecule has 0 N–H and O–H groups in total. The zero-order chi connectivity index (χ0) is 10.2. The SMILES string of the molecule is COCOC(=O)OCC1C=CC=CC1. The molecule has 0 amide bonds. The fourth-order valence-electron chi connectivity index (χ4n) is 1.08. The molecule has 4 heteroatoms. The fraction of sp³-hybridized carbons (Fsp3) is 0.500. The van der Waals surface area contributed by atoms with Crippen molar-refractivity contribution in [3.8, 4) is 0 Å². The molecule has 0 heterocycles. The molecule has 4 nitrogen and oxygen atoms in total. The molecule has 1 aliphatic rings. The molecule has 1 rings (SSSR count). The van der Waals surface area contributed by atoms with Crippen LogP contribution in [0.1, 0.15) is 6.42 Å². The van der Waals surface area contributed by atoms with Crippen molar-refractivity contribution >= 4 is 6.16 Å². The molecule has 78 valence electrons. The topological polar surface area (TPSA) is 44.8 Å². The summed E-state index contributed by atoms with van der Waals surface area (Å²) in [6.45, 7) is 0.280. The lowest BCUT2D eigenvalue weighted by Gasteiger charge is -2.12. The molecular formula is C10H14O4.